The minimum absolute atomic E-state index is 0.637. The smallest absolute Gasteiger partial charge is 0.0195 e. The van der Waals surface area contributed by atoms with Crippen molar-refractivity contribution < 1.29 is 0 Å². The number of likely N-dealkylation sites (N-methyl/N-ethyl adjacent to an activating group) is 2. The van der Waals surface area contributed by atoms with Gasteiger partial charge in [0, 0.05) is 55.9 Å². The van der Waals surface area contributed by atoms with Crippen molar-refractivity contribution in [3.8, 4) is 0 Å². The van der Waals surface area contributed by atoms with Gasteiger partial charge in [0.05, 0.1) is 0 Å². The van der Waals surface area contributed by atoms with Gasteiger partial charge in [-0.15, -0.1) is 0 Å². The second-order valence-electron chi connectivity index (χ2n) is 11.7. The number of piperidine rings is 3. The van der Waals surface area contributed by atoms with Gasteiger partial charge in [-0.05, 0) is 119 Å². The Morgan fingerprint density at radius 1 is 0.727 bits per heavy atom. The molecule has 0 aliphatic carbocycles. The van der Waals surface area contributed by atoms with E-state index in [4.69, 9.17) is 0 Å². The van der Waals surface area contributed by atoms with E-state index in [9.17, 15) is 0 Å². The van der Waals surface area contributed by atoms with Crippen molar-refractivity contribution in [3.05, 3.63) is 0 Å². The number of hydrogen-bond acceptors (Lipinski definition) is 6. The molecule has 3 N–H and O–H groups in total. The van der Waals surface area contributed by atoms with Crippen molar-refractivity contribution in [2.24, 2.45) is 5.92 Å². The first-order valence-electron chi connectivity index (χ1n) is 14.2. The van der Waals surface area contributed by atoms with E-state index in [1.54, 1.807) is 0 Å². The van der Waals surface area contributed by atoms with Gasteiger partial charge in [0.1, 0.15) is 0 Å². The standard InChI is InChI=1S/C27H56N6/c1-21(2)31-14-10-25(11-15-31)30-12-9-22(3)33-18-24(17-27(20-33)29-6)16-23(4)32-13-7-8-26(19-32)28-5/h21-30H,7-20H2,1-6H3/t22?,23?,24?,26-,27+/m1/s1. The molecule has 3 unspecified atom stereocenters. The molecular formula is C27H56N6. The predicted octanol–water partition coefficient (Wildman–Crippen LogP) is 2.60. The molecule has 3 aliphatic rings. The van der Waals surface area contributed by atoms with Crippen LogP contribution in [0.5, 0.6) is 0 Å². The van der Waals surface area contributed by atoms with Crippen LogP contribution >= 0.6 is 0 Å². The van der Waals surface area contributed by atoms with Crippen LogP contribution in [-0.2, 0) is 0 Å². The molecule has 3 fully saturated rings. The van der Waals surface area contributed by atoms with Crippen LogP contribution < -0.4 is 16.0 Å². The van der Waals surface area contributed by atoms with Gasteiger partial charge in [-0.2, -0.15) is 0 Å². The number of nitrogens with zero attached hydrogens (tertiary/aromatic N) is 3. The average molecular weight is 465 g/mol. The summed E-state index contributed by atoms with van der Waals surface area (Å²) in [5, 5.41) is 11.0. The molecule has 3 heterocycles. The summed E-state index contributed by atoms with van der Waals surface area (Å²) in [4.78, 5) is 8.16. The first-order valence-corrected chi connectivity index (χ1v) is 14.2. The third-order valence-electron chi connectivity index (χ3n) is 9.01. The molecule has 0 aromatic rings. The Morgan fingerprint density at radius 2 is 1.42 bits per heavy atom. The maximum Gasteiger partial charge on any atom is 0.0195 e. The molecule has 0 spiro atoms. The third-order valence-corrected chi connectivity index (χ3v) is 9.01. The van der Waals surface area contributed by atoms with Gasteiger partial charge in [-0.3, -0.25) is 9.80 Å². The lowest BCUT2D eigenvalue weighted by atomic mass is 9.87. The molecule has 6 heteroatoms. The summed E-state index contributed by atoms with van der Waals surface area (Å²) < 4.78 is 0. The summed E-state index contributed by atoms with van der Waals surface area (Å²) in [6.07, 6.45) is 9.23. The lowest BCUT2D eigenvalue weighted by Gasteiger charge is -2.44. The molecule has 0 aromatic carbocycles. The van der Waals surface area contributed by atoms with Crippen LogP contribution in [0.1, 0.15) is 72.6 Å². The van der Waals surface area contributed by atoms with Crippen molar-refractivity contribution in [2.45, 2.75) is 109 Å². The summed E-state index contributed by atoms with van der Waals surface area (Å²) in [5.74, 6) is 0.803. The fourth-order valence-corrected chi connectivity index (χ4v) is 6.55. The minimum Gasteiger partial charge on any atom is -0.316 e. The zero-order valence-electron chi connectivity index (χ0n) is 22.8. The highest BCUT2D eigenvalue weighted by atomic mass is 15.2. The highest BCUT2D eigenvalue weighted by molar-refractivity contribution is 4.89. The van der Waals surface area contributed by atoms with Crippen LogP contribution in [0.25, 0.3) is 0 Å². The van der Waals surface area contributed by atoms with E-state index in [1.165, 1.54) is 84.2 Å². The van der Waals surface area contributed by atoms with Crippen LogP contribution in [0, 0.1) is 5.92 Å². The SMILES string of the molecule is CN[C@@H]1CCCN(C(C)CC2C[C@H](NC)CN(C(C)CCNC3CCN(C(C)C)CC3)C2)C1. The van der Waals surface area contributed by atoms with E-state index in [2.05, 4.69) is 72.4 Å². The molecule has 0 saturated carbocycles. The maximum absolute atomic E-state index is 3.89. The first kappa shape index (κ1) is 27.3. The number of hydrogen-bond donors (Lipinski definition) is 3. The summed E-state index contributed by atoms with van der Waals surface area (Å²) in [6.45, 7) is 18.3. The molecule has 6 nitrogen and oxygen atoms in total. The topological polar surface area (TPSA) is 45.8 Å². The summed E-state index contributed by atoms with van der Waals surface area (Å²) in [6, 6.07) is 4.08. The van der Waals surface area contributed by atoms with E-state index < -0.39 is 0 Å². The van der Waals surface area contributed by atoms with Gasteiger partial charge < -0.3 is 20.9 Å². The lowest BCUT2D eigenvalue weighted by Crippen LogP contribution is -2.53. The predicted molar refractivity (Wildman–Crippen MR) is 142 cm³/mol. The van der Waals surface area contributed by atoms with E-state index >= 15 is 0 Å². The highest BCUT2D eigenvalue weighted by Gasteiger charge is 2.32. The van der Waals surface area contributed by atoms with Gasteiger partial charge in [0.25, 0.3) is 0 Å². The van der Waals surface area contributed by atoms with Gasteiger partial charge in [-0.1, -0.05) is 0 Å². The zero-order valence-corrected chi connectivity index (χ0v) is 22.8. The fraction of sp³-hybridized carbons (Fsp3) is 1.00. The molecule has 3 rings (SSSR count). The summed E-state index contributed by atoms with van der Waals surface area (Å²) >= 11 is 0. The molecule has 0 radical (unpaired) electrons. The Morgan fingerprint density at radius 3 is 2.09 bits per heavy atom. The van der Waals surface area contributed by atoms with E-state index in [-0.39, 0.29) is 0 Å². The molecular weight excluding hydrogens is 408 g/mol. The lowest BCUT2D eigenvalue weighted by molar-refractivity contribution is 0.0714. The molecule has 3 aliphatic heterocycles. The summed E-state index contributed by atoms with van der Waals surface area (Å²) in [7, 11) is 4.28. The summed E-state index contributed by atoms with van der Waals surface area (Å²) in [5.41, 5.74) is 0. The van der Waals surface area contributed by atoms with Gasteiger partial charge in [-0.25, -0.2) is 0 Å². The molecule has 3 saturated heterocycles. The first-order chi connectivity index (χ1) is 15.9. The van der Waals surface area contributed by atoms with E-state index in [1.807, 2.05) is 0 Å². The van der Waals surface area contributed by atoms with Crippen molar-refractivity contribution >= 4 is 0 Å². The van der Waals surface area contributed by atoms with Crippen LogP contribution in [0.2, 0.25) is 0 Å². The van der Waals surface area contributed by atoms with Crippen molar-refractivity contribution in [1.29, 1.82) is 0 Å². The minimum atomic E-state index is 0.637. The molecule has 0 amide bonds. The number of likely N-dealkylation sites (tertiary alicyclic amines) is 3. The number of nitrogens with one attached hydrogen (secondary N) is 3. The molecule has 33 heavy (non-hydrogen) atoms. The highest BCUT2D eigenvalue weighted by Crippen LogP contribution is 2.26. The second-order valence-corrected chi connectivity index (χ2v) is 11.7. The van der Waals surface area contributed by atoms with Crippen LogP contribution in [0.3, 0.4) is 0 Å². The van der Waals surface area contributed by atoms with Gasteiger partial charge >= 0.3 is 0 Å². The van der Waals surface area contributed by atoms with Crippen LogP contribution in [0.15, 0.2) is 0 Å². The second kappa shape index (κ2) is 13.7. The monoisotopic (exact) mass is 464 g/mol. The normalized spacial score (nSPS) is 31.2. The van der Waals surface area contributed by atoms with Crippen molar-refractivity contribution in [1.82, 2.24) is 30.7 Å². The Bertz CT molecular complexity index is 535. The number of rotatable bonds is 11. The average Bonchev–Trinajstić information content (AvgIpc) is 2.84. The van der Waals surface area contributed by atoms with Crippen LogP contribution in [-0.4, -0.2) is 111 Å². The zero-order chi connectivity index (χ0) is 23.8. The Labute approximate surface area is 205 Å². The van der Waals surface area contributed by atoms with Crippen molar-refractivity contribution in [3.63, 3.8) is 0 Å². The molecule has 194 valence electrons. The third kappa shape index (κ3) is 8.43. The fourth-order valence-electron chi connectivity index (χ4n) is 6.55. The quantitative estimate of drug-likeness (QED) is 0.437. The van der Waals surface area contributed by atoms with Crippen LogP contribution in [0.4, 0.5) is 0 Å². The Balaban J connectivity index is 1.41. The van der Waals surface area contributed by atoms with Gasteiger partial charge in [0.2, 0.25) is 0 Å². The van der Waals surface area contributed by atoms with E-state index in [0.717, 1.165) is 18.5 Å². The maximum atomic E-state index is 3.89. The Kier molecular flexibility index (Phi) is 11.4. The van der Waals surface area contributed by atoms with Gasteiger partial charge in [0.15, 0.2) is 0 Å². The largest absolute Gasteiger partial charge is 0.316 e. The Hall–Kier alpha value is -0.240. The van der Waals surface area contributed by atoms with E-state index in [0.29, 0.717) is 30.2 Å². The molecule has 5 atom stereocenters. The van der Waals surface area contributed by atoms with Crippen molar-refractivity contribution in [2.75, 3.05) is 59.9 Å². The molecule has 0 aromatic heterocycles. The molecule has 0 bridgehead atoms.